The maximum absolute atomic E-state index is 8.96. The van der Waals surface area contributed by atoms with Crippen molar-refractivity contribution in [3.8, 4) is 6.07 Å². The molecule has 0 bridgehead atoms. The lowest BCUT2D eigenvalue weighted by molar-refractivity contribution is -0.137. The topological polar surface area (TPSA) is 54.3 Å². The van der Waals surface area contributed by atoms with Gasteiger partial charge in [0.15, 0.2) is 6.29 Å². The molecule has 4 nitrogen and oxygen atoms in total. The minimum Gasteiger partial charge on any atom is -0.384 e. The Morgan fingerprint density at radius 1 is 1.22 bits per heavy atom. The monoisotopic (exact) mass is 248 g/mol. The minimum atomic E-state index is -0.179. The molecule has 0 unspecified atom stereocenters. The van der Waals surface area contributed by atoms with Crippen LogP contribution in [0.2, 0.25) is 0 Å². The zero-order chi connectivity index (χ0) is 13.2. The Morgan fingerprint density at radius 2 is 1.89 bits per heavy atom. The number of para-hydroxylation sites is 1. The standard InChI is InChI=1S/C14H20N2O2/c1-3-17-14(18-4-2)9-10-16-13-8-6-5-7-12(13)11-15/h5-8,14,16H,3-4,9-10H2,1-2H3. The van der Waals surface area contributed by atoms with E-state index in [0.717, 1.165) is 12.1 Å². The Kier molecular flexibility index (Phi) is 6.85. The summed E-state index contributed by atoms with van der Waals surface area (Å²) in [5.74, 6) is 0. The van der Waals surface area contributed by atoms with E-state index in [9.17, 15) is 0 Å². The van der Waals surface area contributed by atoms with Gasteiger partial charge in [0.1, 0.15) is 6.07 Å². The second kappa shape index (κ2) is 8.51. The van der Waals surface area contributed by atoms with Crippen LogP contribution in [0.3, 0.4) is 0 Å². The molecule has 0 aliphatic carbocycles. The SMILES string of the molecule is CCOC(CCNc1ccccc1C#N)OCC. The van der Waals surface area contributed by atoms with Gasteiger partial charge in [-0.1, -0.05) is 12.1 Å². The van der Waals surface area contributed by atoms with Gasteiger partial charge in [-0.25, -0.2) is 0 Å². The minimum absolute atomic E-state index is 0.179. The van der Waals surface area contributed by atoms with E-state index in [0.29, 0.717) is 25.3 Å². The molecule has 4 heteroatoms. The Hall–Kier alpha value is -1.57. The van der Waals surface area contributed by atoms with Crippen molar-refractivity contribution >= 4 is 5.69 Å². The normalized spacial score (nSPS) is 10.3. The lowest BCUT2D eigenvalue weighted by Gasteiger charge is -2.17. The van der Waals surface area contributed by atoms with Crippen molar-refractivity contribution in [2.75, 3.05) is 25.1 Å². The van der Waals surface area contributed by atoms with Gasteiger partial charge < -0.3 is 14.8 Å². The summed E-state index contributed by atoms with van der Waals surface area (Å²) in [6.45, 7) is 5.89. The molecule has 0 fully saturated rings. The average Bonchev–Trinajstić information content (AvgIpc) is 2.40. The van der Waals surface area contributed by atoms with E-state index < -0.39 is 0 Å². The van der Waals surface area contributed by atoms with Crippen molar-refractivity contribution in [1.29, 1.82) is 5.26 Å². The molecule has 1 N–H and O–H groups in total. The molecule has 18 heavy (non-hydrogen) atoms. The predicted octanol–water partition coefficient (Wildman–Crippen LogP) is 2.76. The van der Waals surface area contributed by atoms with Gasteiger partial charge in [-0.3, -0.25) is 0 Å². The lowest BCUT2D eigenvalue weighted by atomic mass is 10.2. The van der Waals surface area contributed by atoms with E-state index >= 15 is 0 Å². The van der Waals surface area contributed by atoms with Crippen LogP contribution in [0.1, 0.15) is 25.8 Å². The molecule has 0 aromatic heterocycles. The van der Waals surface area contributed by atoms with Crippen LogP contribution < -0.4 is 5.32 Å². The highest BCUT2D eigenvalue weighted by atomic mass is 16.7. The molecular weight excluding hydrogens is 228 g/mol. The van der Waals surface area contributed by atoms with Crippen molar-refractivity contribution in [1.82, 2.24) is 0 Å². The van der Waals surface area contributed by atoms with Crippen LogP contribution >= 0.6 is 0 Å². The summed E-state index contributed by atoms with van der Waals surface area (Å²) in [5.41, 5.74) is 1.51. The molecule has 0 amide bonds. The number of benzene rings is 1. The molecule has 1 aromatic carbocycles. The quantitative estimate of drug-likeness (QED) is 0.719. The van der Waals surface area contributed by atoms with Gasteiger partial charge in [-0.2, -0.15) is 5.26 Å². The molecule has 0 spiro atoms. The van der Waals surface area contributed by atoms with Gasteiger partial charge in [0.2, 0.25) is 0 Å². The number of nitriles is 1. The van der Waals surface area contributed by atoms with Gasteiger partial charge in [-0.15, -0.1) is 0 Å². The Balaban J connectivity index is 2.42. The number of nitrogens with zero attached hydrogens (tertiary/aromatic N) is 1. The largest absolute Gasteiger partial charge is 0.384 e. The summed E-state index contributed by atoms with van der Waals surface area (Å²) in [7, 11) is 0. The van der Waals surface area contributed by atoms with E-state index in [1.807, 2.05) is 32.0 Å². The molecule has 0 aliphatic rings. The van der Waals surface area contributed by atoms with Crippen LogP contribution in [0.25, 0.3) is 0 Å². The highest BCUT2D eigenvalue weighted by Crippen LogP contribution is 2.13. The van der Waals surface area contributed by atoms with Crippen LogP contribution in [-0.4, -0.2) is 26.0 Å². The second-order valence-electron chi connectivity index (χ2n) is 3.71. The average molecular weight is 248 g/mol. The summed E-state index contributed by atoms with van der Waals surface area (Å²) in [4.78, 5) is 0. The van der Waals surface area contributed by atoms with Crippen LogP contribution in [0, 0.1) is 11.3 Å². The van der Waals surface area contributed by atoms with Crippen LogP contribution in [0.5, 0.6) is 0 Å². The number of hydrogen-bond donors (Lipinski definition) is 1. The number of anilines is 1. The van der Waals surface area contributed by atoms with Gasteiger partial charge >= 0.3 is 0 Å². The molecule has 0 atom stereocenters. The van der Waals surface area contributed by atoms with Crippen LogP contribution in [-0.2, 0) is 9.47 Å². The van der Waals surface area contributed by atoms with Crippen molar-refractivity contribution in [2.24, 2.45) is 0 Å². The van der Waals surface area contributed by atoms with E-state index in [1.165, 1.54) is 0 Å². The molecule has 1 aromatic rings. The number of hydrogen-bond acceptors (Lipinski definition) is 4. The molecule has 0 heterocycles. The summed E-state index contributed by atoms with van der Waals surface area (Å²) in [6, 6.07) is 9.62. The summed E-state index contributed by atoms with van der Waals surface area (Å²) in [6.07, 6.45) is 0.572. The first-order valence-electron chi connectivity index (χ1n) is 6.28. The van der Waals surface area contributed by atoms with Crippen molar-refractivity contribution in [3.05, 3.63) is 29.8 Å². The first-order valence-corrected chi connectivity index (χ1v) is 6.28. The highest BCUT2D eigenvalue weighted by Gasteiger charge is 2.07. The third-order valence-electron chi connectivity index (χ3n) is 2.45. The molecular formula is C14H20N2O2. The molecule has 0 saturated heterocycles. The maximum Gasteiger partial charge on any atom is 0.159 e. The van der Waals surface area contributed by atoms with Crippen molar-refractivity contribution in [3.63, 3.8) is 0 Å². The van der Waals surface area contributed by atoms with Crippen molar-refractivity contribution < 1.29 is 9.47 Å². The molecule has 0 radical (unpaired) electrons. The van der Waals surface area contributed by atoms with E-state index in [1.54, 1.807) is 6.07 Å². The predicted molar refractivity (Wildman–Crippen MR) is 71.3 cm³/mol. The Labute approximate surface area is 109 Å². The van der Waals surface area contributed by atoms with Gasteiger partial charge in [0.25, 0.3) is 0 Å². The Morgan fingerprint density at radius 3 is 2.50 bits per heavy atom. The summed E-state index contributed by atoms with van der Waals surface area (Å²) < 4.78 is 10.9. The lowest BCUT2D eigenvalue weighted by Crippen LogP contribution is -2.21. The van der Waals surface area contributed by atoms with Gasteiger partial charge in [0.05, 0.1) is 11.3 Å². The third-order valence-corrected chi connectivity index (χ3v) is 2.45. The van der Waals surface area contributed by atoms with E-state index in [-0.39, 0.29) is 6.29 Å². The van der Waals surface area contributed by atoms with E-state index in [2.05, 4.69) is 11.4 Å². The molecule has 0 saturated carbocycles. The van der Waals surface area contributed by atoms with Crippen LogP contribution in [0.4, 0.5) is 5.69 Å². The third kappa shape index (κ3) is 4.74. The zero-order valence-electron chi connectivity index (χ0n) is 11.0. The van der Waals surface area contributed by atoms with Gasteiger partial charge in [0, 0.05) is 26.2 Å². The van der Waals surface area contributed by atoms with Crippen LogP contribution in [0.15, 0.2) is 24.3 Å². The fourth-order valence-corrected chi connectivity index (χ4v) is 1.65. The second-order valence-corrected chi connectivity index (χ2v) is 3.71. The smallest absolute Gasteiger partial charge is 0.159 e. The fraction of sp³-hybridized carbons (Fsp3) is 0.500. The van der Waals surface area contributed by atoms with E-state index in [4.69, 9.17) is 14.7 Å². The number of nitrogens with one attached hydrogen (secondary N) is 1. The first kappa shape index (κ1) is 14.5. The molecule has 98 valence electrons. The number of rotatable bonds is 8. The Bertz CT molecular complexity index is 382. The van der Waals surface area contributed by atoms with Gasteiger partial charge in [-0.05, 0) is 26.0 Å². The summed E-state index contributed by atoms with van der Waals surface area (Å²) in [5, 5.41) is 12.2. The highest BCUT2D eigenvalue weighted by molar-refractivity contribution is 5.56. The molecule has 1 rings (SSSR count). The molecule has 0 aliphatic heterocycles. The summed E-state index contributed by atoms with van der Waals surface area (Å²) >= 11 is 0. The zero-order valence-corrected chi connectivity index (χ0v) is 11.0. The number of ether oxygens (including phenoxy) is 2. The fourth-order valence-electron chi connectivity index (χ4n) is 1.65. The first-order chi connectivity index (χ1) is 8.81. The maximum atomic E-state index is 8.96. The van der Waals surface area contributed by atoms with Crippen molar-refractivity contribution in [2.45, 2.75) is 26.6 Å².